The maximum Gasteiger partial charge on any atom is 0.410 e. The molecule has 0 fully saturated rings. The maximum absolute atomic E-state index is 11.9. The van der Waals surface area contributed by atoms with Gasteiger partial charge in [-0.15, -0.1) is 0 Å². The van der Waals surface area contributed by atoms with Crippen molar-refractivity contribution in [1.29, 1.82) is 0 Å². The monoisotopic (exact) mass is 279 g/mol. The lowest BCUT2D eigenvalue weighted by Crippen LogP contribution is -2.42. The summed E-state index contributed by atoms with van der Waals surface area (Å²) in [6.45, 7) is 4.64. The molecule has 110 valence electrons. The van der Waals surface area contributed by atoms with Gasteiger partial charge in [0.1, 0.15) is 5.75 Å². The fourth-order valence-corrected chi connectivity index (χ4v) is 2.59. The van der Waals surface area contributed by atoms with Crippen molar-refractivity contribution in [3.63, 3.8) is 0 Å². The minimum atomic E-state index is -0.282. The number of methoxy groups -OCH3 is 1. The number of ether oxygens (including phenoxy) is 2. The third kappa shape index (κ3) is 2.72. The number of rotatable bonds is 3. The molecule has 2 rings (SSSR count). The zero-order chi connectivity index (χ0) is 14.7. The zero-order valence-electron chi connectivity index (χ0n) is 12.2. The molecule has 1 unspecified atom stereocenters. The molecule has 1 atom stereocenters. The second-order valence-electron chi connectivity index (χ2n) is 4.97. The molecule has 0 aromatic heterocycles. The van der Waals surface area contributed by atoms with E-state index in [4.69, 9.17) is 9.47 Å². The van der Waals surface area contributed by atoms with Gasteiger partial charge in [0.05, 0.1) is 20.3 Å². The van der Waals surface area contributed by atoms with Crippen LogP contribution in [0.5, 0.6) is 5.75 Å². The summed E-state index contributed by atoms with van der Waals surface area (Å²) in [6, 6.07) is 3.95. The van der Waals surface area contributed by atoms with Crippen molar-refractivity contribution < 1.29 is 19.4 Å². The van der Waals surface area contributed by atoms with E-state index in [1.165, 1.54) is 0 Å². The molecule has 0 bridgehead atoms. The fourth-order valence-electron chi connectivity index (χ4n) is 2.59. The summed E-state index contributed by atoms with van der Waals surface area (Å²) in [4.78, 5) is 13.7. The van der Waals surface area contributed by atoms with Gasteiger partial charge in [0.25, 0.3) is 0 Å². The van der Waals surface area contributed by atoms with Crippen molar-refractivity contribution in [2.75, 3.05) is 13.7 Å². The highest BCUT2D eigenvalue weighted by molar-refractivity contribution is 5.68. The predicted octanol–water partition coefficient (Wildman–Crippen LogP) is 2.09. The van der Waals surface area contributed by atoms with E-state index < -0.39 is 0 Å². The Labute approximate surface area is 119 Å². The quantitative estimate of drug-likeness (QED) is 0.920. The minimum Gasteiger partial charge on any atom is -0.496 e. The van der Waals surface area contributed by atoms with Gasteiger partial charge in [-0.3, -0.25) is 0 Å². The summed E-state index contributed by atoms with van der Waals surface area (Å²) in [5.74, 6) is 0.657. The summed E-state index contributed by atoms with van der Waals surface area (Å²) in [7, 11) is 1.58. The number of benzene rings is 1. The summed E-state index contributed by atoms with van der Waals surface area (Å²) in [5, 5.41) is 9.36. The SMILES string of the molecule is CCOC(=O)N1Cc2cc(OC)c(CO)cc2CC1C. The molecule has 0 radical (unpaired) electrons. The van der Waals surface area contributed by atoms with Crippen LogP contribution in [-0.2, 0) is 24.3 Å². The van der Waals surface area contributed by atoms with E-state index in [1.807, 2.05) is 19.1 Å². The average Bonchev–Trinajstić information content (AvgIpc) is 2.45. The van der Waals surface area contributed by atoms with Gasteiger partial charge in [-0.2, -0.15) is 0 Å². The molecule has 20 heavy (non-hydrogen) atoms. The van der Waals surface area contributed by atoms with Crippen LogP contribution in [0.3, 0.4) is 0 Å². The molecule has 0 saturated carbocycles. The summed E-state index contributed by atoms with van der Waals surface area (Å²) in [6.07, 6.45) is 0.473. The molecule has 0 aliphatic carbocycles. The van der Waals surface area contributed by atoms with Crippen LogP contribution < -0.4 is 4.74 Å². The van der Waals surface area contributed by atoms with E-state index in [9.17, 15) is 9.90 Å². The van der Waals surface area contributed by atoms with Crippen molar-refractivity contribution in [1.82, 2.24) is 4.90 Å². The lowest BCUT2D eigenvalue weighted by molar-refractivity contribution is 0.0861. The highest BCUT2D eigenvalue weighted by Gasteiger charge is 2.28. The Hall–Kier alpha value is -1.75. The zero-order valence-corrected chi connectivity index (χ0v) is 12.2. The lowest BCUT2D eigenvalue weighted by atomic mass is 9.93. The Morgan fingerprint density at radius 3 is 2.80 bits per heavy atom. The van der Waals surface area contributed by atoms with Gasteiger partial charge in [-0.25, -0.2) is 4.79 Å². The molecular formula is C15H21NO4. The van der Waals surface area contributed by atoms with E-state index in [-0.39, 0.29) is 18.7 Å². The normalized spacial score (nSPS) is 17.6. The Bertz CT molecular complexity index is 501. The topological polar surface area (TPSA) is 59.0 Å². The first kappa shape index (κ1) is 14.7. The molecule has 1 aliphatic heterocycles. The van der Waals surface area contributed by atoms with Gasteiger partial charge in [0, 0.05) is 18.2 Å². The Kier molecular flexibility index (Phi) is 4.49. The van der Waals surface area contributed by atoms with E-state index in [0.29, 0.717) is 18.9 Å². The number of carbonyl (C=O) groups excluding carboxylic acids is 1. The van der Waals surface area contributed by atoms with E-state index >= 15 is 0 Å². The van der Waals surface area contributed by atoms with Crippen LogP contribution in [0.4, 0.5) is 4.79 Å². The molecule has 1 amide bonds. The molecule has 5 nitrogen and oxygen atoms in total. The van der Waals surface area contributed by atoms with Gasteiger partial charge in [0.2, 0.25) is 0 Å². The van der Waals surface area contributed by atoms with Crippen LogP contribution in [0.1, 0.15) is 30.5 Å². The molecule has 0 saturated heterocycles. The number of aliphatic hydroxyl groups excluding tert-OH is 1. The second-order valence-corrected chi connectivity index (χ2v) is 4.97. The number of nitrogens with zero attached hydrogens (tertiary/aromatic N) is 1. The Morgan fingerprint density at radius 1 is 1.45 bits per heavy atom. The number of hydrogen-bond donors (Lipinski definition) is 1. The van der Waals surface area contributed by atoms with Gasteiger partial charge >= 0.3 is 6.09 Å². The summed E-state index contributed by atoms with van der Waals surface area (Å²) in [5.41, 5.74) is 2.98. The van der Waals surface area contributed by atoms with Crippen molar-refractivity contribution in [2.45, 2.75) is 39.5 Å². The second kappa shape index (κ2) is 6.13. The van der Waals surface area contributed by atoms with Gasteiger partial charge in [-0.05, 0) is 43.5 Å². The van der Waals surface area contributed by atoms with Crippen molar-refractivity contribution in [3.8, 4) is 5.75 Å². The lowest BCUT2D eigenvalue weighted by Gasteiger charge is -2.34. The molecule has 0 spiro atoms. The highest BCUT2D eigenvalue weighted by atomic mass is 16.6. The largest absolute Gasteiger partial charge is 0.496 e. The van der Waals surface area contributed by atoms with E-state index in [1.54, 1.807) is 18.9 Å². The first-order valence-electron chi connectivity index (χ1n) is 6.83. The van der Waals surface area contributed by atoms with E-state index in [2.05, 4.69) is 0 Å². The first-order valence-corrected chi connectivity index (χ1v) is 6.83. The first-order chi connectivity index (χ1) is 9.60. The molecule has 1 aromatic carbocycles. The van der Waals surface area contributed by atoms with Crippen LogP contribution >= 0.6 is 0 Å². The van der Waals surface area contributed by atoms with Crippen LogP contribution in [0.2, 0.25) is 0 Å². The highest BCUT2D eigenvalue weighted by Crippen LogP contribution is 2.30. The average molecular weight is 279 g/mol. The van der Waals surface area contributed by atoms with Gasteiger partial charge in [0.15, 0.2) is 0 Å². The molecular weight excluding hydrogens is 258 g/mol. The number of aliphatic hydroxyl groups is 1. The van der Waals surface area contributed by atoms with Crippen molar-refractivity contribution in [3.05, 3.63) is 28.8 Å². The number of carbonyl (C=O) groups is 1. The number of hydrogen-bond acceptors (Lipinski definition) is 4. The maximum atomic E-state index is 11.9. The van der Waals surface area contributed by atoms with Crippen molar-refractivity contribution in [2.24, 2.45) is 0 Å². The third-order valence-corrected chi connectivity index (χ3v) is 3.66. The van der Waals surface area contributed by atoms with Gasteiger partial charge in [-0.1, -0.05) is 0 Å². The minimum absolute atomic E-state index is 0.0492. The Morgan fingerprint density at radius 2 is 2.20 bits per heavy atom. The molecule has 5 heteroatoms. The van der Waals surface area contributed by atoms with Crippen LogP contribution in [0.15, 0.2) is 12.1 Å². The molecule has 1 heterocycles. The predicted molar refractivity (Wildman–Crippen MR) is 74.6 cm³/mol. The van der Waals surface area contributed by atoms with Crippen LogP contribution in [0.25, 0.3) is 0 Å². The third-order valence-electron chi connectivity index (χ3n) is 3.66. The van der Waals surface area contributed by atoms with E-state index in [0.717, 1.165) is 23.1 Å². The van der Waals surface area contributed by atoms with Gasteiger partial charge < -0.3 is 19.5 Å². The Balaban J connectivity index is 2.30. The summed E-state index contributed by atoms with van der Waals surface area (Å²) >= 11 is 0. The molecule has 1 aliphatic rings. The van der Waals surface area contributed by atoms with Crippen LogP contribution in [-0.4, -0.2) is 35.9 Å². The van der Waals surface area contributed by atoms with Crippen LogP contribution in [0, 0.1) is 0 Å². The smallest absolute Gasteiger partial charge is 0.410 e. The van der Waals surface area contributed by atoms with Crippen molar-refractivity contribution >= 4 is 6.09 Å². The number of amides is 1. The fraction of sp³-hybridized carbons (Fsp3) is 0.533. The standard InChI is InChI=1S/C15H21NO4/c1-4-20-15(18)16-8-12-7-14(19-3)13(9-17)6-11(12)5-10(16)2/h6-7,10,17H,4-5,8-9H2,1-3H3. The molecule has 1 aromatic rings. The summed E-state index contributed by atoms with van der Waals surface area (Å²) < 4.78 is 10.4. The molecule has 1 N–H and O–H groups in total. The number of fused-ring (bicyclic) bond motifs is 1.